The summed E-state index contributed by atoms with van der Waals surface area (Å²) in [6, 6.07) is 13.2. The summed E-state index contributed by atoms with van der Waals surface area (Å²) in [4.78, 5) is 23.8. The van der Waals surface area contributed by atoms with Gasteiger partial charge in [-0.3, -0.25) is 4.79 Å². The molecule has 0 bridgehead atoms. The van der Waals surface area contributed by atoms with Gasteiger partial charge >= 0.3 is 5.97 Å². The van der Waals surface area contributed by atoms with Crippen LogP contribution in [0.5, 0.6) is 5.75 Å². The van der Waals surface area contributed by atoms with Crippen LogP contribution in [0, 0.1) is 5.82 Å². The molecule has 6 heteroatoms. The van der Waals surface area contributed by atoms with E-state index in [1.165, 1.54) is 25.1 Å². The minimum Gasteiger partial charge on any atom is -0.479 e. The van der Waals surface area contributed by atoms with Gasteiger partial charge in [-0.05, 0) is 42.2 Å². The van der Waals surface area contributed by atoms with Crippen molar-refractivity contribution in [3.63, 3.8) is 0 Å². The van der Waals surface area contributed by atoms with E-state index in [4.69, 9.17) is 9.47 Å². The molecule has 0 fully saturated rings. The summed E-state index contributed by atoms with van der Waals surface area (Å²) in [6.45, 7) is 7.33. The van der Waals surface area contributed by atoms with Gasteiger partial charge in [-0.25, -0.2) is 9.18 Å². The van der Waals surface area contributed by atoms with Crippen LogP contribution in [0.25, 0.3) is 0 Å². The van der Waals surface area contributed by atoms with E-state index in [9.17, 15) is 14.0 Å². The first kappa shape index (κ1) is 20.4. The van der Waals surface area contributed by atoms with E-state index in [0.29, 0.717) is 5.75 Å². The highest BCUT2D eigenvalue weighted by molar-refractivity contribution is 5.93. The predicted octanol–water partition coefficient (Wildman–Crippen LogP) is 4.07. The van der Waals surface area contributed by atoms with Crippen LogP contribution in [0.2, 0.25) is 0 Å². The average molecular weight is 373 g/mol. The number of carbonyl (C=O) groups excluding carboxylic acids is 2. The Hall–Kier alpha value is -2.89. The topological polar surface area (TPSA) is 64.6 Å². The Kier molecular flexibility index (Phi) is 6.55. The van der Waals surface area contributed by atoms with E-state index in [0.717, 1.165) is 5.56 Å². The minimum atomic E-state index is -0.883. The molecule has 1 atom stereocenters. The van der Waals surface area contributed by atoms with Crippen LogP contribution in [-0.4, -0.2) is 24.6 Å². The summed E-state index contributed by atoms with van der Waals surface area (Å²) >= 11 is 0. The van der Waals surface area contributed by atoms with Gasteiger partial charge in [0, 0.05) is 0 Å². The fraction of sp³-hybridized carbons (Fsp3) is 0.333. The Balaban J connectivity index is 1.83. The lowest BCUT2D eigenvalue weighted by molar-refractivity contribution is -0.153. The largest absolute Gasteiger partial charge is 0.479 e. The summed E-state index contributed by atoms with van der Waals surface area (Å²) in [5.74, 6) is -1.34. The van der Waals surface area contributed by atoms with Crippen molar-refractivity contribution in [1.82, 2.24) is 0 Å². The summed E-state index contributed by atoms with van der Waals surface area (Å²) in [5.41, 5.74) is 1.20. The second-order valence-electron chi connectivity index (χ2n) is 7.17. The molecule has 0 aliphatic rings. The molecule has 2 aromatic carbocycles. The van der Waals surface area contributed by atoms with Crippen LogP contribution < -0.4 is 10.1 Å². The number of anilines is 1. The zero-order valence-electron chi connectivity index (χ0n) is 15.9. The van der Waals surface area contributed by atoms with Crippen LogP contribution in [0.3, 0.4) is 0 Å². The molecule has 1 amide bonds. The second-order valence-corrected chi connectivity index (χ2v) is 7.17. The maximum Gasteiger partial charge on any atom is 0.347 e. The lowest BCUT2D eigenvalue weighted by Gasteiger charge is -2.20. The first-order valence-corrected chi connectivity index (χ1v) is 8.65. The normalized spacial score (nSPS) is 12.2. The van der Waals surface area contributed by atoms with Gasteiger partial charge in [0.1, 0.15) is 11.6 Å². The van der Waals surface area contributed by atoms with E-state index >= 15 is 0 Å². The highest BCUT2D eigenvalue weighted by Gasteiger charge is 2.19. The van der Waals surface area contributed by atoms with Crippen molar-refractivity contribution < 1.29 is 23.5 Å². The maximum atomic E-state index is 13.5. The molecule has 0 aliphatic heterocycles. The number of rotatable bonds is 6. The number of halogens is 1. The summed E-state index contributed by atoms with van der Waals surface area (Å²) < 4.78 is 24.0. The molecule has 2 rings (SSSR count). The third kappa shape index (κ3) is 6.09. The van der Waals surface area contributed by atoms with Crippen molar-refractivity contribution in [1.29, 1.82) is 0 Å². The van der Waals surface area contributed by atoms with Crippen molar-refractivity contribution in [3.8, 4) is 5.75 Å². The van der Waals surface area contributed by atoms with Gasteiger partial charge < -0.3 is 14.8 Å². The Labute approximate surface area is 158 Å². The van der Waals surface area contributed by atoms with Crippen LogP contribution in [0.15, 0.2) is 48.5 Å². The Morgan fingerprint density at radius 1 is 1.07 bits per heavy atom. The van der Waals surface area contributed by atoms with E-state index in [1.807, 2.05) is 12.1 Å². The van der Waals surface area contributed by atoms with Gasteiger partial charge in [-0.1, -0.05) is 45.0 Å². The van der Waals surface area contributed by atoms with Crippen molar-refractivity contribution in [2.24, 2.45) is 0 Å². The van der Waals surface area contributed by atoms with Gasteiger partial charge in [0.15, 0.2) is 12.7 Å². The quantitative estimate of drug-likeness (QED) is 0.775. The highest BCUT2D eigenvalue weighted by atomic mass is 19.1. The first-order valence-electron chi connectivity index (χ1n) is 8.65. The molecule has 0 saturated carbocycles. The van der Waals surface area contributed by atoms with E-state index in [-0.39, 0.29) is 11.1 Å². The molecule has 0 unspecified atom stereocenters. The maximum absolute atomic E-state index is 13.5. The van der Waals surface area contributed by atoms with Crippen LogP contribution >= 0.6 is 0 Å². The first-order chi connectivity index (χ1) is 12.7. The number of benzene rings is 2. The summed E-state index contributed by atoms with van der Waals surface area (Å²) in [5, 5.41) is 2.34. The standard InChI is InChI=1S/C21H24FNO4/c1-14(27-16-11-9-15(10-12-16)21(2,3)4)20(25)26-13-19(24)23-18-8-6-5-7-17(18)22/h5-12,14H,13H2,1-4H3,(H,23,24)/t14-/m1/s1. The molecule has 0 radical (unpaired) electrons. The number of amides is 1. The molecular formula is C21H24FNO4. The number of esters is 1. The molecule has 0 saturated heterocycles. The molecule has 0 aliphatic carbocycles. The lowest BCUT2D eigenvalue weighted by atomic mass is 9.87. The number of para-hydroxylation sites is 1. The average Bonchev–Trinajstić information content (AvgIpc) is 2.61. The molecule has 1 N–H and O–H groups in total. The Morgan fingerprint density at radius 2 is 1.70 bits per heavy atom. The van der Waals surface area contributed by atoms with Crippen molar-refractivity contribution in [2.45, 2.75) is 39.2 Å². The SMILES string of the molecule is C[C@@H](Oc1ccc(C(C)(C)C)cc1)C(=O)OCC(=O)Nc1ccccc1F. The monoisotopic (exact) mass is 373 g/mol. The molecule has 5 nitrogen and oxygen atoms in total. The number of hydrogen-bond donors (Lipinski definition) is 1. The van der Waals surface area contributed by atoms with Gasteiger partial charge in [0.25, 0.3) is 5.91 Å². The second kappa shape index (κ2) is 8.66. The molecule has 27 heavy (non-hydrogen) atoms. The van der Waals surface area contributed by atoms with Gasteiger partial charge in [-0.2, -0.15) is 0 Å². The van der Waals surface area contributed by atoms with Crippen molar-refractivity contribution in [2.75, 3.05) is 11.9 Å². The predicted molar refractivity (Wildman–Crippen MR) is 101 cm³/mol. The molecule has 2 aromatic rings. The number of carbonyl (C=O) groups is 2. The third-order valence-corrected chi connectivity index (χ3v) is 3.86. The van der Waals surface area contributed by atoms with Crippen molar-refractivity contribution >= 4 is 17.6 Å². The number of nitrogens with one attached hydrogen (secondary N) is 1. The van der Waals surface area contributed by atoms with Crippen LogP contribution in [0.1, 0.15) is 33.3 Å². The Bertz CT molecular complexity index is 797. The molecule has 0 aromatic heterocycles. The molecular weight excluding hydrogens is 349 g/mol. The minimum absolute atomic E-state index is 0.0225. The summed E-state index contributed by atoms with van der Waals surface area (Å²) in [7, 11) is 0. The van der Waals surface area contributed by atoms with Gasteiger partial charge in [0.2, 0.25) is 0 Å². The fourth-order valence-corrected chi connectivity index (χ4v) is 2.29. The fourth-order valence-electron chi connectivity index (χ4n) is 2.29. The Morgan fingerprint density at radius 3 is 2.30 bits per heavy atom. The van der Waals surface area contributed by atoms with E-state index in [2.05, 4.69) is 26.1 Å². The van der Waals surface area contributed by atoms with E-state index in [1.54, 1.807) is 18.2 Å². The van der Waals surface area contributed by atoms with E-state index < -0.39 is 30.4 Å². The highest BCUT2D eigenvalue weighted by Crippen LogP contribution is 2.24. The number of hydrogen-bond acceptors (Lipinski definition) is 4. The zero-order valence-corrected chi connectivity index (χ0v) is 15.9. The molecule has 0 heterocycles. The zero-order chi connectivity index (χ0) is 20.0. The molecule has 144 valence electrons. The van der Waals surface area contributed by atoms with Gasteiger partial charge in [-0.15, -0.1) is 0 Å². The van der Waals surface area contributed by atoms with Crippen LogP contribution in [-0.2, 0) is 19.7 Å². The van der Waals surface area contributed by atoms with Gasteiger partial charge in [0.05, 0.1) is 5.69 Å². The molecule has 0 spiro atoms. The van der Waals surface area contributed by atoms with Crippen molar-refractivity contribution in [3.05, 3.63) is 59.9 Å². The lowest BCUT2D eigenvalue weighted by Crippen LogP contribution is -2.29. The third-order valence-electron chi connectivity index (χ3n) is 3.86. The van der Waals surface area contributed by atoms with Crippen LogP contribution in [0.4, 0.5) is 10.1 Å². The number of ether oxygens (including phenoxy) is 2. The smallest absolute Gasteiger partial charge is 0.347 e. The summed E-state index contributed by atoms with van der Waals surface area (Å²) in [6.07, 6.45) is -0.883.